The van der Waals surface area contributed by atoms with Crippen molar-refractivity contribution in [1.82, 2.24) is 0 Å². The van der Waals surface area contributed by atoms with Gasteiger partial charge < -0.3 is 9.84 Å². The summed E-state index contributed by atoms with van der Waals surface area (Å²) < 4.78 is 5.94. The minimum absolute atomic E-state index is 0.207. The lowest BCUT2D eigenvalue weighted by Gasteiger charge is -2.32. The fourth-order valence-electron chi connectivity index (χ4n) is 2.65. The van der Waals surface area contributed by atoms with E-state index >= 15 is 0 Å². The quantitative estimate of drug-likeness (QED) is 0.897. The van der Waals surface area contributed by atoms with Gasteiger partial charge in [0.25, 0.3) is 0 Å². The lowest BCUT2D eigenvalue weighted by Crippen LogP contribution is -2.26. The highest BCUT2D eigenvalue weighted by Crippen LogP contribution is 2.31. The van der Waals surface area contributed by atoms with E-state index in [2.05, 4.69) is 13.8 Å². The molecule has 4 heteroatoms. The van der Waals surface area contributed by atoms with Crippen LogP contribution in [0.2, 0.25) is 5.02 Å². The Kier molecular flexibility index (Phi) is 5.06. The molecule has 0 amide bonds. The van der Waals surface area contributed by atoms with Crippen molar-refractivity contribution in [2.75, 3.05) is 0 Å². The van der Waals surface area contributed by atoms with E-state index in [1.165, 1.54) is 12.5 Å². The van der Waals surface area contributed by atoms with Crippen molar-refractivity contribution < 1.29 is 14.6 Å². The number of carboxylic acids is 1. The maximum absolute atomic E-state index is 10.8. The van der Waals surface area contributed by atoms with Gasteiger partial charge in [-0.1, -0.05) is 31.5 Å². The molecule has 1 fully saturated rings. The van der Waals surface area contributed by atoms with Crippen molar-refractivity contribution in [3.8, 4) is 0 Å². The van der Waals surface area contributed by atoms with Crippen LogP contribution >= 0.6 is 11.6 Å². The summed E-state index contributed by atoms with van der Waals surface area (Å²) in [5.74, 6) is 0.501. The minimum atomic E-state index is -0.963. The van der Waals surface area contributed by atoms with Crippen molar-refractivity contribution in [1.29, 1.82) is 0 Å². The van der Waals surface area contributed by atoms with Crippen LogP contribution in [0.3, 0.4) is 0 Å². The third-order valence-electron chi connectivity index (χ3n) is 4.32. The molecule has 0 saturated heterocycles. The van der Waals surface area contributed by atoms with E-state index in [9.17, 15) is 4.79 Å². The van der Waals surface area contributed by atoms with Gasteiger partial charge in [0, 0.05) is 5.02 Å². The van der Waals surface area contributed by atoms with Gasteiger partial charge in [-0.2, -0.15) is 0 Å². The molecule has 0 radical (unpaired) electrons. The monoisotopic (exact) mass is 296 g/mol. The molecule has 1 aliphatic carbocycles. The van der Waals surface area contributed by atoms with Crippen LogP contribution in [0.15, 0.2) is 18.2 Å². The Hall–Kier alpha value is -1.06. The number of halogens is 1. The molecule has 0 aromatic heterocycles. The molecule has 1 aliphatic rings. The van der Waals surface area contributed by atoms with Gasteiger partial charge in [0.1, 0.15) is 0 Å². The first-order chi connectivity index (χ1) is 9.47. The normalized spacial score (nSPS) is 26.4. The molecule has 0 heterocycles. The van der Waals surface area contributed by atoms with Crippen LogP contribution in [-0.2, 0) is 11.3 Å². The van der Waals surface area contributed by atoms with Gasteiger partial charge >= 0.3 is 5.97 Å². The fourth-order valence-corrected chi connectivity index (χ4v) is 2.89. The van der Waals surface area contributed by atoms with E-state index in [0.717, 1.165) is 24.3 Å². The highest BCUT2D eigenvalue weighted by molar-refractivity contribution is 6.31. The van der Waals surface area contributed by atoms with Gasteiger partial charge in [0.05, 0.1) is 18.3 Å². The zero-order chi connectivity index (χ0) is 14.7. The first-order valence-corrected chi connectivity index (χ1v) is 7.48. The smallest absolute Gasteiger partial charge is 0.335 e. The zero-order valence-electron chi connectivity index (χ0n) is 11.9. The van der Waals surface area contributed by atoms with Gasteiger partial charge in [0.15, 0.2) is 0 Å². The molecule has 3 unspecified atom stereocenters. The topological polar surface area (TPSA) is 46.5 Å². The minimum Gasteiger partial charge on any atom is -0.478 e. The summed E-state index contributed by atoms with van der Waals surface area (Å²) in [6, 6.07) is 4.79. The number of hydrogen-bond donors (Lipinski definition) is 1. The molecular weight excluding hydrogens is 276 g/mol. The summed E-state index contributed by atoms with van der Waals surface area (Å²) in [4.78, 5) is 10.8. The molecule has 20 heavy (non-hydrogen) atoms. The summed E-state index contributed by atoms with van der Waals surface area (Å²) in [5, 5.41) is 9.36. The van der Waals surface area contributed by atoms with Crippen LogP contribution in [-0.4, -0.2) is 17.2 Å². The zero-order valence-corrected chi connectivity index (χ0v) is 12.7. The predicted octanol–water partition coefficient (Wildman–Crippen LogP) is 4.38. The largest absolute Gasteiger partial charge is 0.478 e. The highest BCUT2D eigenvalue weighted by Gasteiger charge is 2.25. The number of carbonyl (C=O) groups is 1. The Balaban J connectivity index is 1.93. The Morgan fingerprint density at radius 3 is 2.70 bits per heavy atom. The van der Waals surface area contributed by atoms with Gasteiger partial charge in [-0.3, -0.25) is 0 Å². The molecule has 3 atom stereocenters. The van der Waals surface area contributed by atoms with E-state index in [-0.39, 0.29) is 11.7 Å². The Labute approximate surface area is 124 Å². The van der Waals surface area contributed by atoms with Crippen LogP contribution < -0.4 is 0 Å². The maximum Gasteiger partial charge on any atom is 0.335 e. The summed E-state index contributed by atoms with van der Waals surface area (Å²) in [5.41, 5.74) is 1.06. The summed E-state index contributed by atoms with van der Waals surface area (Å²) in [7, 11) is 0. The summed E-state index contributed by atoms with van der Waals surface area (Å²) in [6.45, 7) is 5.02. The summed E-state index contributed by atoms with van der Waals surface area (Å²) in [6.07, 6.45) is 3.68. The second-order valence-electron chi connectivity index (χ2n) is 5.81. The maximum atomic E-state index is 10.8. The van der Waals surface area contributed by atoms with Crippen molar-refractivity contribution >= 4 is 17.6 Å². The van der Waals surface area contributed by atoms with Gasteiger partial charge in [-0.25, -0.2) is 4.79 Å². The number of benzene rings is 1. The first-order valence-electron chi connectivity index (χ1n) is 7.10. The third-order valence-corrected chi connectivity index (χ3v) is 4.68. The molecule has 1 saturated carbocycles. The average Bonchev–Trinajstić information content (AvgIpc) is 2.41. The van der Waals surface area contributed by atoms with Crippen molar-refractivity contribution in [3.05, 3.63) is 34.3 Å². The van der Waals surface area contributed by atoms with Crippen LogP contribution in [0.25, 0.3) is 0 Å². The van der Waals surface area contributed by atoms with Crippen molar-refractivity contribution in [2.45, 2.75) is 45.8 Å². The predicted molar refractivity (Wildman–Crippen MR) is 79.2 cm³/mol. The lowest BCUT2D eigenvalue weighted by molar-refractivity contribution is -0.00743. The van der Waals surface area contributed by atoms with E-state index < -0.39 is 5.97 Å². The molecule has 0 aliphatic heterocycles. The van der Waals surface area contributed by atoms with Gasteiger partial charge in [-0.15, -0.1) is 0 Å². The van der Waals surface area contributed by atoms with Crippen molar-refractivity contribution in [3.63, 3.8) is 0 Å². The van der Waals surface area contributed by atoms with E-state index in [4.69, 9.17) is 21.4 Å². The SMILES string of the molecule is CC1CCC(OCc2ccc(C(=O)O)cc2Cl)CC1C. The molecule has 3 nitrogen and oxygen atoms in total. The third kappa shape index (κ3) is 3.74. The molecule has 1 aromatic carbocycles. The second kappa shape index (κ2) is 6.59. The Morgan fingerprint density at radius 1 is 1.35 bits per heavy atom. The molecule has 0 bridgehead atoms. The van der Waals surface area contributed by atoms with E-state index in [0.29, 0.717) is 17.5 Å². The number of hydrogen-bond acceptors (Lipinski definition) is 2. The highest BCUT2D eigenvalue weighted by atomic mass is 35.5. The Morgan fingerprint density at radius 2 is 2.10 bits per heavy atom. The van der Waals surface area contributed by atoms with Crippen LogP contribution in [0.5, 0.6) is 0 Å². The number of ether oxygens (including phenoxy) is 1. The number of rotatable bonds is 4. The standard InChI is InChI=1S/C16H21ClO3/c1-10-3-6-14(7-11(10)2)20-9-13-5-4-12(16(18)19)8-15(13)17/h4-5,8,10-11,14H,3,6-7,9H2,1-2H3,(H,18,19). The second-order valence-corrected chi connectivity index (χ2v) is 6.22. The Bertz CT molecular complexity index is 487. The molecule has 2 rings (SSSR count). The molecule has 1 N–H and O–H groups in total. The van der Waals surface area contributed by atoms with E-state index in [1.807, 2.05) is 0 Å². The molecule has 110 valence electrons. The number of carboxylic acid groups (broad SMARTS) is 1. The molecule has 1 aromatic rings. The molecule has 0 spiro atoms. The number of aromatic carboxylic acids is 1. The first kappa shape index (κ1) is 15.3. The van der Waals surface area contributed by atoms with Gasteiger partial charge in [-0.05, 0) is 48.8 Å². The van der Waals surface area contributed by atoms with E-state index in [1.54, 1.807) is 12.1 Å². The van der Waals surface area contributed by atoms with Crippen LogP contribution in [0.1, 0.15) is 49.0 Å². The average molecular weight is 297 g/mol. The summed E-state index contributed by atoms with van der Waals surface area (Å²) >= 11 is 6.10. The van der Waals surface area contributed by atoms with Crippen molar-refractivity contribution in [2.24, 2.45) is 11.8 Å². The fraction of sp³-hybridized carbons (Fsp3) is 0.562. The van der Waals surface area contributed by atoms with Crippen LogP contribution in [0.4, 0.5) is 0 Å². The van der Waals surface area contributed by atoms with Crippen LogP contribution in [0, 0.1) is 11.8 Å². The molecular formula is C16H21ClO3. The van der Waals surface area contributed by atoms with Gasteiger partial charge in [0.2, 0.25) is 0 Å². The lowest BCUT2D eigenvalue weighted by atomic mass is 9.80.